The molecular formula is C17H32N2. The zero-order chi connectivity index (χ0) is 13.5. The van der Waals surface area contributed by atoms with Crippen molar-refractivity contribution < 1.29 is 0 Å². The van der Waals surface area contributed by atoms with E-state index >= 15 is 0 Å². The molecule has 0 aromatic carbocycles. The summed E-state index contributed by atoms with van der Waals surface area (Å²) in [6.45, 7) is 12.3. The van der Waals surface area contributed by atoms with Gasteiger partial charge in [-0.2, -0.15) is 0 Å². The standard InChI is InChI=1S/C17H32N2/c1-17(2,3)16-12-19(8-4-7-18-16)11-15-10-13-5-6-14(15)9-13/h13-16,18H,4-12H2,1-3H3. The number of nitrogens with zero attached hydrogens (tertiary/aromatic N) is 1. The molecule has 1 saturated heterocycles. The quantitative estimate of drug-likeness (QED) is 0.824. The second-order valence-electron chi connectivity index (χ2n) is 8.42. The Hall–Kier alpha value is -0.0800. The molecular weight excluding hydrogens is 232 g/mol. The van der Waals surface area contributed by atoms with Crippen LogP contribution in [0.15, 0.2) is 0 Å². The van der Waals surface area contributed by atoms with E-state index < -0.39 is 0 Å². The summed E-state index contributed by atoms with van der Waals surface area (Å²) in [4.78, 5) is 2.78. The van der Waals surface area contributed by atoms with Gasteiger partial charge in [0.15, 0.2) is 0 Å². The zero-order valence-electron chi connectivity index (χ0n) is 13.1. The van der Waals surface area contributed by atoms with Crippen LogP contribution in [-0.2, 0) is 0 Å². The van der Waals surface area contributed by atoms with Crippen molar-refractivity contribution in [3.05, 3.63) is 0 Å². The first-order valence-corrected chi connectivity index (χ1v) is 8.48. The van der Waals surface area contributed by atoms with E-state index in [0.29, 0.717) is 11.5 Å². The largest absolute Gasteiger partial charge is 0.312 e. The molecule has 0 aromatic rings. The van der Waals surface area contributed by atoms with E-state index in [0.717, 1.165) is 17.8 Å². The topological polar surface area (TPSA) is 15.3 Å². The van der Waals surface area contributed by atoms with Gasteiger partial charge in [-0.05, 0) is 61.9 Å². The molecule has 3 fully saturated rings. The number of hydrogen-bond acceptors (Lipinski definition) is 2. The summed E-state index contributed by atoms with van der Waals surface area (Å²) in [5.74, 6) is 3.20. The van der Waals surface area contributed by atoms with Crippen LogP contribution in [0.3, 0.4) is 0 Å². The van der Waals surface area contributed by atoms with Gasteiger partial charge in [0, 0.05) is 19.1 Å². The summed E-state index contributed by atoms with van der Waals surface area (Å²) in [6.07, 6.45) is 7.49. The fourth-order valence-electron chi connectivity index (χ4n) is 4.67. The molecule has 0 amide bonds. The summed E-state index contributed by atoms with van der Waals surface area (Å²) >= 11 is 0. The highest BCUT2D eigenvalue weighted by atomic mass is 15.2. The number of fused-ring (bicyclic) bond motifs is 2. The van der Waals surface area contributed by atoms with Gasteiger partial charge >= 0.3 is 0 Å². The third-order valence-corrected chi connectivity index (χ3v) is 5.91. The fraction of sp³-hybridized carbons (Fsp3) is 1.00. The summed E-state index contributed by atoms with van der Waals surface area (Å²) in [5, 5.41) is 3.77. The van der Waals surface area contributed by atoms with E-state index in [4.69, 9.17) is 0 Å². The van der Waals surface area contributed by atoms with Gasteiger partial charge in [-0.15, -0.1) is 0 Å². The average Bonchev–Trinajstić information content (AvgIpc) is 2.85. The lowest BCUT2D eigenvalue weighted by atomic mass is 9.85. The van der Waals surface area contributed by atoms with Crippen LogP contribution in [0.1, 0.15) is 52.9 Å². The lowest BCUT2D eigenvalue weighted by molar-refractivity contribution is 0.157. The van der Waals surface area contributed by atoms with Gasteiger partial charge in [0.1, 0.15) is 0 Å². The molecule has 2 bridgehead atoms. The lowest BCUT2D eigenvalue weighted by Crippen LogP contribution is -2.47. The number of hydrogen-bond donors (Lipinski definition) is 1. The molecule has 0 spiro atoms. The Morgan fingerprint density at radius 3 is 2.63 bits per heavy atom. The van der Waals surface area contributed by atoms with Crippen molar-refractivity contribution in [1.82, 2.24) is 10.2 Å². The molecule has 3 aliphatic rings. The van der Waals surface area contributed by atoms with Gasteiger partial charge in [0.25, 0.3) is 0 Å². The summed E-state index contributed by atoms with van der Waals surface area (Å²) < 4.78 is 0. The van der Waals surface area contributed by atoms with Crippen molar-refractivity contribution in [3.63, 3.8) is 0 Å². The SMILES string of the molecule is CC(C)(C)C1CN(CC2CC3CCC2C3)CCCN1. The Bertz CT molecular complexity index is 307. The second-order valence-corrected chi connectivity index (χ2v) is 8.42. The normalized spacial score (nSPS) is 40.6. The zero-order valence-corrected chi connectivity index (χ0v) is 13.1. The van der Waals surface area contributed by atoms with Gasteiger partial charge in [0.05, 0.1) is 0 Å². The molecule has 3 rings (SSSR count). The smallest absolute Gasteiger partial charge is 0.0243 e. The first-order valence-electron chi connectivity index (χ1n) is 8.48. The van der Waals surface area contributed by atoms with Gasteiger partial charge in [-0.1, -0.05) is 27.2 Å². The van der Waals surface area contributed by atoms with Crippen molar-refractivity contribution in [2.45, 2.75) is 58.9 Å². The molecule has 0 aromatic heterocycles. The predicted molar refractivity (Wildman–Crippen MR) is 81.2 cm³/mol. The Kier molecular flexibility index (Phi) is 3.92. The lowest BCUT2D eigenvalue weighted by Gasteiger charge is -2.35. The van der Waals surface area contributed by atoms with Crippen LogP contribution in [0.25, 0.3) is 0 Å². The van der Waals surface area contributed by atoms with E-state index in [9.17, 15) is 0 Å². The monoisotopic (exact) mass is 264 g/mol. The molecule has 2 nitrogen and oxygen atoms in total. The van der Waals surface area contributed by atoms with E-state index in [1.165, 1.54) is 51.9 Å². The molecule has 1 heterocycles. The van der Waals surface area contributed by atoms with Gasteiger partial charge in [0.2, 0.25) is 0 Å². The molecule has 2 aliphatic carbocycles. The molecule has 4 atom stereocenters. The Labute approximate surface area is 119 Å². The Balaban J connectivity index is 1.57. The first-order chi connectivity index (χ1) is 9.02. The van der Waals surface area contributed by atoms with Crippen molar-refractivity contribution in [2.24, 2.45) is 23.2 Å². The maximum Gasteiger partial charge on any atom is 0.0243 e. The van der Waals surface area contributed by atoms with Gasteiger partial charge in [-0.3, -0.25) is 0 Å². The van der Waals surface area contributed by atoms with E-state index in [1.807, 2.05) is 0 Å². The average molecular weight is 264 g/mol. The molecule has 110 valence electrons. The van der Waals surface area contributed by atoms with E-state index in [2.05, 4.69) is 31.0 Å². The van der Waals surface area contributed by atoms with Crippen LogP contribution in [0, 0.1) is 23.2 Å². The molecule has 1 aliphatic heterocycles. The summed E-state index contributed by atoms with van der Waals surface area (Å²) in [6, 6.07) is 0.661. The summed E-state index contributed by atoms with van der Waals surface area (Å²) in [5.41, 5.74) is 0.386. The van der Waals surface area contributed by atoms with E-state index in [1.54, 1.807) is 6.42 Å². The number of rotatable bonds is 2. The first kappa shape index (κ1) is 13.9. The molecule has 19 heavy (non-hydrogen) atoms. The number of nitrogens with one attached hydrogen (secondary N) is 1. The summed E-state index contributed by atoms with van der Waals surface area (Å²) in [7, 11) is 0. The maximum atomic E-state index is 3.77. The second kappa shape index (κ2) is 5.37. The third kappa shape index (κ3) is 3.16. The van der Waals surface area contributed by atoms with Gasteiger partial charge in [-0.25, -0.2) is 0 Å². The third-order valence-electron chi connectivity index (χ3n) is 5.91. The molecule has 0 radical (unpaired) electrons. The van der Waals surface area contributed by atoms with Crippen molar-refractivity contribution in [1.29, 1.82) is 0 Å². The van der Waals surface area contributed by atoms with Crippen LogP contribution < -0.4 is 5.32 Å². The van der Waals surface area contributed by atoms with Crippen LogP contribution in [0.5, 0.6) is 0 Å². The Morgan fingerprint density at radius 2 is 2.00 bits per heavy atom. The minimum atomic E-state index is 0.386. The minimum Gasteiger partial charge on any atom is -0.312 e. The highest BCUT2D eigenvalue weighted by Gasteiger charge is 2.40. The van der Waals surface area contributed by atoms with Crippen molar-refractivity contribution >= 4 is 0 Å². The van der Waals surface area contributed by atoms with Crippen LogP contribution in [0.4, 0.5) is 0 Å². The van der Waals surface area contributed by atoms with Crippen LogP contribution in [0.2, 0.25) is 0 Å². The van der Waals surface area contributed by atoms with Crippen LogP contribution in [-0.4, -0.2) is 37.1 Å². The van der Waals surface area contributed by atoms with E-state index in [-0.39, 0.29) is 0 Å². The maximum absolute atomic E-state index is 3.77. The van der Waals surface area contributed by atoms with Crippen LogP contribution >= 0.6 is 0 Å². The predicted octanol–water partition coefficient (Wildman–Crippen LogP) is 3.13. The van der Waals surface area contributed by atoms with Crippen molar-refractivity contribution in [3.8, 4) is 0 Å². The molecule has 2 saturated carbocycles. The highest BCUT2D eigenvalue weighted by molar-refractivity contribution is 4.93. The molecule has 2 heteroatoms. The minimum absolute atomic E-state index is 0.386. The fourth-order valence-corrected chi connectivity index (χ4v) is 4.67. The Morgan fingerprint density at radius 1 is 1.16 bits per heavy atom. The van der Waals surface area contributed by atoms with Crippen molar-refractivity contribution in [2.75, 3.05) is 26.2 Å². The molecule has 4 unspecified atom stereocenters. The molecule has 1 N–H and O–H groups in total. The highest BCUT2D eigenvalue weighted by Crippen LogP contribution is 2.48. The van der Waals surface area contributed by atoms with Gasteiger partial charge < -0.3 is 10.2 Å².